The van der Waals surface area contributed by atoms with Gasteiger partial charge < -0.3 is 39.2 Å². The first-order valence-electron chi connectivity index (χ1n) is 14.7. The predicted molar refractivity (Wildman–Crippen MR) is 165 cm³/mol. The molecule has 0 saturated carbocycles. The molecule has 3 aliphatic rings. The maximum absolute atomic E-state index is 14.3. The van der Waals surface area contributed by atoms with Gasteiger partial charge in [0.2, 0.25) is 24.1 Å². The maximum Gasteiger partial charge on any atom is 0.231 e. The molecule has 1 aliphatic carbocycles. The van der Waals surface area contributed by atoms with Gasteiger partial charge >= 0.3 is 0 Å². The number of ketones is 2. The number of aliphatic hydroxyl groups excluding tert-OH is 1. The number of rotatable bonds is 9. The first kappa shape index (κ1) is 31.1. The summed E-state index contributed by atoms with van der Waals surface area (Å²) in [5.41, 5.74) is -0.691. The number of amides is 1. The molecule has 1 spiro atoms. The fourth-order valence-electron chi connectivity index (χ4n) is 6.32. The third kappa shape index (κ3) is 5.14. The molecule has 11 nitrogen and oxygen atoms in total. The van der Waals surface area contributed by atoms with Gasteiger partial charge in [-0.25, -0.2) is 0 Å². The largest absolute Gasteiger partial charge is 0.508 e. The third-order valence-corrected chi connectivity index (χ3v) is 9.08. The van der Waals surface area contributed by atoms with Gasteiger partial charge in [-0.3, -0.25) is 14.4 Å². The Morgan fingerprint density at radius 1 is 1.04 bits per heavy atom. The van der Waals surface area contributed by atoms with Crippen LogP contribution in [0, 0.1) is 5.92 Å². The highest BCUT2D eigenvalue weighted by atomic mass is 35.5. The molecule has 3 atom stereocenters. The Kier molecular flexibility index (Phi) is 8.20. The number of nitrogens with one attached hydrogen (secondary N) is 1. The highest BCUT2D eigenvalue weighted by Crippen LogP contribution is 2.56. The molecule has 2 aliphatic heterocycles. The maximum atomic E-state index is 14.3. The number of carbonyl (C=O) groups is 3. The van der Waals surface area contributed by atoms with E-state index in [1.165, 1.54) is 20.3 Å². The number of methoxy groups -OCH3 is 2. The van der Waals surface area contributed by atoms with Crippen molar-refractivity contribution in [2.24, 2.45) is 5.92 Å². The van der Waals surface area contributed by atoms with Gasteiger partial charge in [0, 0.05) is 42.9 Å². The topological polar surface area (TPSA) is 150 Å². The van der Waals surface area contributed by atoms with Crippen LogP contribution in [0.3, 0.4) is 0 Å². The van der Waals surface area contributed by atoms with Crippen LogP contribution in [0.25, 0.3) is 0 Å². The molecule has 6 rings (SSSR count). The summed E-state index contributed by atoms with van der Waals surface area (Å²) in [6, 6.07) is 13.1. The highest BCUT2D eigenvalue weighted by Gasteiger charge is 2.61. The minimum Gasteiger partial charge on any atom is -0.508 e. The minimum atomic E-state index is -2.00. The quantitative estimate of drug-likeness (QED) is 0.287. The Labute approximate surface area is 269 Å². The van der Waals surface area contributed by atoms with Crippen LogP contribution < -0.4 is 29.0 Å². The molecule has 0 bridgehead atoms. The Bertz CT molecular complexity index is 1770. The summed E-state index contributed by atoms with van der Waals surface area (Å²) in [4.78, 5) is 41.5. The third-order valence-electron chi connectivity index (χ3n) is 8.72. The van der Waals surface area contributed by atoms with E-state index >= 15 is 0 Å². The second kappa shape index (κ2) is 12.1. The SMILES string of the molecule is COc1cc(OC)c2c(c1Cl)OC1(C2=O)C(O)=C(C(CC(=O)NCCc2ccc(O)cc2)c2ccc3c(c2)OCO3)C(=O)CC1C. The van der Waals surface area contributed by atoms with Crippen LogP contribution in [-0.4, -0.2) is 60.8 Å². The normalized spacial score (nSPS) is 20.4. The van der Waals surface area contributed by atoms with Crippen LogP contribution in [0.2, 0.25) is 5.02 Å². The molecular formula is C34H32ClNO10. The number of Topliss-reactive ketones (excluding diaryl/α,β-unsaturated/α-hetero) is 2. The van der Waals surface area contributed by atoms with Gasteiger partial charge in [0.15, 0.2) is 28.8 Å². The molecule has 0 aromatic heterocycles. The van der Waals surface area contributed by atoms with Gasteiger partial charge in [-0.2, -0.15) is 0 Å². The monoisotopic (exact) mass is 649 g/mol. The molecule has 12 heteroatoms. The smallest absolute Gasteiger partial charge is 0.231 e. The number of ether oxygens (including phenoxy) is 5. The molecule has 0 radical (unpaired) electrons. The summed E-state index contributed by atoms with van der Waals surface area (Å²) in [5, 5.41) is 24.5. The van der Waals surface area contributed by atoms with Gasteiger partial charge in [0.05, 0.1) is 14.2 Å². The number of aromatic hydroxyl groups is 1. The van der Waals surface area contributed by atoms with Gasteiger partial charge in [0.1, 0.15) is 27.8 Å². The fraction of sp³-hybridized carbons (Fsp3) is 0.324. The average Bonchev–Trinajstić information content (AvgIpc) is 3.64. The molecular weight excluding hydrogens is 618 g/mol. The van der Waals surface area contributed by atoms with E-state index in [-0.39, 0.29) is 65.3 Å². The van der Waals surface area contributed by atoms with Crippen molar-refractivity contribution in [1.29, 1.82) is 0 Å². The van der Waals surface area contributed by atoms with Crippen molar-refractivity contribution in [3.8, 4) is 34.5 Å². The number of allylic oxidation sites excluding steroid dienone is 1. The van der Waals surface area contributed by atoms with E-state index in [2.05, 4.69) is 5.32 Å². The number of hydrogen-bond donors (Lipinski definition) is 3. The van der Waals surface area contributed by atoms with E-state index in [1.54, 1.807) is 49.4 Å². The van der Waals surface area contributed by atoms with Crippen LogP contribution in [0.4, 0.5) is 0 Å². The van der Waals surface area contributed by atoms with Crippen molar-refractivity contribution in [3.05, 3.63) is 81.6 Å². The Hall–Kier alpha value is -4.90. The zero-order valence-electron chi connectivity index (χ0n) is 25.3. The van der Waals surface area contributed by atoms with Crippen LogP contribution in [-0.2, 0) is 16.0 Å². The number of benzene rings is 3. The molecule has 1 amide bonds. The molecule has 2 heterocycles. The van der Waals surface area contributed by atoms with Crippen LogP contribution >= 0.6 is 11.6 Å². The summed E-state index contributed by atoms with van der Waals surface area (Å²) in [6.45, 7) is 1.94. The van der Waals surface area contributed by atoms with Gasteiger partial charge in [-0.05, 0) is 41.8 Å². The molecule has 0 fully saturated rings. The molecule has 240 valence electrons. The lowest BCUT2D eigenvalue weighted by Crippen LogP contribution is -2.53. The second-order valence-electron chi connectivity index (χ2n) is 11.4. The van der Waals surface area contributed by atoms with Crippen molar-refractivity contribution >= 4 is 29.1 Å². The van der Waals surface area contributed by atoms with E-state index < -0.39 is 40.7 Å². The van der Waals surface area contributed by atoms with Crippen molar-refractivity contribution in [1.82, 2.24) is 5.32 Å². The number of hydrogen-bond acceptors (Lipinski definition) is 10. The van der Waals surface area contributed by atoms with Crippen molar-refractivity contribution in [2.45, 2.75) is 37.7 Å². The molecule has 0 saturated heterocycles. The van der Waals surface area contributed by atoms with Crippen LogP contribution in [0.15, 0.2) is 59.9 Å². The van der Waals surface area contributed by atoms with E-state index in [4.69, 9.17) is 35.3 Å². The molecule has 3 N–H and O–H groups in total. The summed E-state index contributed by atoms with van der Waals surface area (Å²) in [6.07, 6.45) is 0.116. The van der Waals surface area contributed by atoms with Crippen molar-refractivity contribution in [2.75, 3.05) is 27.6 Å². The average molecular weight is 650 g/mol. The summed E-state index contributed by atoms with van der Waals surface area (Å²) in [7, 11) is 2.79. The number of phenolic OH excluding ortho intramolecular Hbond substituents is 1. The molecule has 3 aromatic rings. The zero-order valence-corrected chi connectivity index (χ0v) is 26.1. The van der Waals surface area contributed by atoms with E-state index in [0.29, 0.717) is 23.5 Å². The highest BCUT2D eigenvalue weighted by molar-refractivity contribution is 6.35. The predicted octanol–water partition coefficient (Wildman–Crippen LogP) is 5.06. The van der Waals surface area contributed by atoms with E-state index in [1.807, 2.05) is 0 Å². The Balaban J connectivity index is 1.40. The van der Waals surface area contributed by atoms with Crippen molar-refractivity contribution in [3.63, 3.8) is 0 Å². The van der Waals surface area contributed by atoms with Gasteiger partial charge in [0.25, 0.3) is 0 Å². The van der Waals surface area contributed by atoms with Gasteiger partial charge in [-0.15, -0.1) is 0 Å². The number of carbonyl (C=O) groups excluding carboxylic acids is 3. The van der Waals surface area contributed by atoms with Crippen LogP contribution in [0.1, 0.15) is 47.2 Å². The lowest BCUT2D eigenvalue weighted by molar-refractivity contribution is -0.121. The van der Waals surface area contributed by atoms with Crippen molar-refractivity contribution < 1.29 is 48.3 Å². The first-order valence-corrected chi connectivity index (χ1v) is 15.1. The number of halogens is 1. The summed E-state index contributed by atoms with van der Waals surface area (Å²) in [5.74, 6) is -2.44. The van der Waals surface area contributed by atoms with E-state index in [0.717, 1.165) is 5.56 Å². The molecule has 3 aromatic carbocycles. The lowest BCUT2D eigenvalue weighted by Gasteiger charge is -2.38. The summed E-state index contributed by atoms with van der Waals surface area (Å²) >= 11 is 6.58. The number of fused-ring (bicyclic) bond motifs is 2. The Morgan fingerprint density at radius 2 is 1.76 bits per heavy atom. The lowest BCUT2D eigenvalue weighted by atomic mass is 9.69. The summed E-state index contributed by atoms with van der Waals surface area (Å²) < 4.78 is 28.1. The standard InChI is InChI=1S/C34H32ClNO10/c1-17-12-22(38)28(32(40)34(17)33(41)29-25(42-2)15-26(43-3)30(35)31(29)46-34)21(19-6-9-23-24(13-19)45-16-44-23)14-27(39)36-11-10-18-4-7-20(37)8-5-18/h4-9,13,15,17,21,37,40H,10-12,14,16H2,1-3H3,(H,36,39). The molecule has 3 unspecified atom stereocenters. The number of aliphatic hydroxyl groups is 1. The zero-order chi connectivity index (χ0) is 32.7. The van der Waals surface area contributed by atoms with E-state index in [9.17, 15) is 24.6 Å². The van der Waals surface area contributed by atoms with Gasteiger partial charge in [-0.1, -0.05) is 36.7 Å². The first-order chi connectivity index (χ1) is 22.1. The minimum absolute atomic E-state index is 0.0152. The number of phenols is 1. The fourth-order valence-corrected chi connectivity index (χ4v) is 6.59. The second-order valence-corrected chi connectivity index (χ2v) is 11.8. The molecule has 46 heavy (non-hydrogen) atoms. The Morgan fingerprint density at radius 3 is 2.48 bits per heavy atom. The van der Waals surface area contributed by atoms with Crippen LogP contribution in [0.5, 0.6) is 34.5 Å².